The molecular weight excluding hydrogens is 524 g/mol. The van der Waals surface area contributed by atoms with Crippen molar-refractivity contribution < 1.29 is 38.3 Å². The Bertz CT molecular complexity index is 1290. The monoisotopic (exact) mass is 564 g/mol. The molecule has 3 aliphatic rings. The molecule has 220 valence electrons. The van der Waals surface area contributed by atoms with E-state index in [9.17, 15) is 9.90 Å². The molecular formula is C33H40O8. The van der Waals surface area contributed by atoms with Crippen LogP contribution in [-0.2, 0) is 30.3 Å². The summed E-state index contributed by atoms with van der Waals surface area (Å²) in [5.41, 5.74) is 2.17. The fourth-order valence-corrected chi connectivity index (χ4v) is 6.09. The van der Waals surface area contributed by atoms with Crippen LogP contribution in [0.25, 0.3) is 6.08 Å². The van der Waals surface area contributed by atoms with E-state index in [0.717, 1.165) is 24.0 Å². The van der Waals surface area contributed by atoms with Gasteiger partial charge in [-0.2, -0.15) is 0 Å². The molecule has 0 radical (unpaired) electrons. The largest absolute Gasteiger partial charge is 0.493 e. The highest BCUT2D eigenvalue weighted by molar-refractivity contribution is 5.87. The van der Waals surface area contributed by atoms with Crippen LogP contribution in [-0.4, -0.2) is 61.4 Å². The van der Waals surface area contributed by atoms with Gasteiger partial charge >= 0.3 is 5.97 Å². The van der Waals surface area contributed by atoms with Crippen LogP contribution in [0.5, 0.6) is 17.2 Å². The second-order valence-electron chi connectivity index (χ2n) is 11.5. The van der Waals surface area contributed by atoms with Crippen LogP contribution in [0.1, 0.15) is 51.2 Å². The molecule has 0 unspecified atom stereocenters. The summed E-state index contributed by atoms with van der Waals surface area (Å²) in [6.07, 6.45) is 7.01. The minimum absolute atomic E-state index is 0.0252. The molecule has 5 rings (SSSR count). The van der Waals surface area contributed by atoms with Crippen LogP contribution in [0.4, 0.5) is 0 Å². The van der Waals surface area contributed by atoms with Gasteiger partial charge in [0.05, 0.1) is 32.3 Å². The van der Waals surface area contributed by atoms with Gasteiger partial charge in [0, 0.05) is 13.2 Å². The maximum absolute atomic E-state index is 12.9. The van der Waals surface area contributed by atoms with E-state index in [1.807, 2.05) is 6.07 Å². The Morgan fingerprint density at radius 1 is 1.12 bits per heavy atom. The first kappa shape index (κ1) is 29.3. The zero-order valence-corrected chi connectivity index (χ0v) is 24.4. The molecule has 2 saturated heterocycles. The molecule has 1 spiro atoms. The quantitative estimate of drug-likeness (QED) is 0.163. The summed E-state index contributed by atoms with van der Waals surface area (Å²) < 4.78 is 35.6. The molecule has 2 heterocycles. The summed E-state index contributed by atoms with van der Waals surface area (Å²) in [7, 11) is 3.23. The molecule has 3 fully saturated rings. The van der Waals surface area contributed by atoms with E-state index in [4.69, 9.17) is 28.4 Å². The lowest BCUT2D eigenvalue weighted by Crippen LogP contribution is -2.55. The summed E-state index contributed by atoms with van der Waals surface area (Å²) in [4.78, 5) is 12.9. The molecule has 8 heteroatoms. The van der Waals surface area contributed by atoms with Gasteiger partial charge in [-0.1, -0.05) is 29.8 Å². The minimum atomic E-state index is -0.435. The van der Waals surface area contributed by atoms with Crippen LogP contribution in [0, 0.1) is 5.92 Å². The van der Waals surface area contributed by atoms with Crippen molar-refractivity contribution in [1.29, 1.82) is 0 Å². The van der Waals surface area contributed by atoms with Gasteiger partial charge in [0.2, 0.25) is 0 Å². The first-order valence-electron chi connectivity index (χ1n) is 14.1. The van der Waals surface area contributed by atoms with Crippen molar-refractivity contribution in [3.8, 4) is 17.2 Å². The number of carbonyl (C=O) groups is 1. The SMILES string of the molecule is COc1cc(/C=C/C(=O)O[C@@H]2CC[C@]3(CO3)[C@@H]([C@]3(C)O[C@H]3CC=C(C)C)[C@@H]2OC)ccc1Oc1ccc(CO)cc1. The zero-order chi connectivity index (χ0) is 29.2. The van der Waals surface area contributed by atoms with Gasteiger partial charge in [0.1, 0.15) is 29.2 Å². The molecule has 2 aromatic rings. The third-order valence-corrected chi connectivity index (χ3v) is 8.44. The summed E-state index contributed by atoms with van der Waals surface area (Å²) in [5.74, 6) is 1.22. The highest BCUT2D eigenvalue weighted by Crippen LogP contribution is 2.59. The lowest BCUT2D eigenvalue weighted by Gasteiger charge is -2.42. The molecule has 0 amide bonds. The molecule has 1 saturated carbocycles. The highest BCUT2D eigenvalue weighted by atomic mass is 16.6. The lowest BCUT2D eigenvalue weighted by atomic mass is 9.68. The van der Waals surface area contributed by atoms with Crippen molar-refractivity contribution in [3.63, 3.8) is 0 Å². The zero-order valence-electron chi connectivity index (χ0n) is 24.4. The van der Waals surface area contributed by atoms with E-state index in [-0.39, 0.29) is 35.9 Å². The van der Waals surface area contributed by atoms with Gasteiger partial charge in [-0.15, -0.1) is 0 Å². The average molecular weight is 565 g/mol. The van der Waals surface area contributed by atoms with Gasteiger partial charge < -0.3 is 33.5 Å². The number of aliphatic hydroxyl groups excluding tert-OH is 1. The van der Waals surface area contributed by atoms with Crippen LogP contribution < -0.4 is 9.47 Å². The summed E-state index contributed by atoms with van der Waals surface area (Å²) in [6, 6.07) is 12.6. The number of aliphatic hydroxyl groups is 1. The molecule has 2 aliphatic heterocycles. The first-order valence-corrected chi connectivity index (χ1v) is 14.1. The topological polar surface area (TPSA) is 99.3 Å². The maximum atomic E-state index is 12.9. The average Bonchev–Trinajstić information content (AvgIpc) is 3.89. The summed E-state index contributed by atoms with van der Waals surface area (Å²) in [6.45, 7) is 6.96. The Morgan fingerprint density at radius 3 is 2.51 bits per heavy atom. The standard InChI is InChI=1S/C33H40O8/c1-21(2)6-14-28-32(3,41-28)31-30(37-5)26(16-17-33(31)20-38-33)40-29(35)15-10-22-9-13-25(27(18-22)36-4)39-24-11-7-23(19-34)8-12-24/h6-13,15,18,26,28,30-31,34H,14,16-17,19-20H2,1-5H3/b15-10+/t26-,28+,30-,31-,32-,33+/m1/s1. The smallest absolute Gasteiger partial charge is 0.331 e. The van der Waals surface area contributed by atoms with E-state index in [2.05, 4.69) is 26.8 Å². The Kier molecular flexibility index (Phi) is 8.57. The number of hydrogen-bond donors (Lipinski definition) is 1. The van der Waals surface area contributed by atoms with Crippen molar-refractivity contribution in [3.05, 3.63) is 71.3 Å². The number of methoxy groups -OCH3 is 2. The normalized spacial score (nSPS) is 30.2. The molecule has 0 bridgehead atoms. The van der Waals surface area contributed by atoms with Gasteiger partial charge in [-0.05, 0) is 81.5 Å². The summed E-state index contributed by atoms with van der Waals surface area (Å²) in [5, 5.41) is 9.23. The van der Waals surface area contributed by atoms with E-state index >= 15 is 0 Å². The highest BCUT2D eigenvalue weighted by Gasteiger charge is 2.72. The fourth-order valence-electron chi connectivity index (χ4n) is 6.09. The molecule has 1 N–H and O–H groups in total. The molecule has 2 aromatic carbocycles. The van der Waals surface area contributed by atoms with Gasteiger partial charge in [-0.25, -0.2) is 4.79 Å². The number of ether oxygens (including phenoxy) is 6. The fraction of sp³-hybridized carbons (Fsp3) is 0.485. The second kappa shape index (κ2) is 12.0. The van der Waals surface area contributed by atoms with Crippen LogP contribution in [0.2, 0.25) is 0 Å². The van der Waals surface area contributed by atoms with Gasteiger partial charge in [0.25, 0.3) is 0 Å². The van der Waals surface area contributed by atoms with Gasteiger partial charge in [-0.3, -0.25) is 0 Å². The van der Waals surface area contributed by atoms with Crippen molar-refractivity contribution in [2.75, 3.05) is 20.8 Å². The molecule has 41 heavy (non-hydrogen) atoms. The van der Waals surface area contributed by atoms with Crippen LogP contribution in [0.15, 0.2) is 60.2 Å². The van der Waals surface area contributed by atoms with E-state index < -0.39 is 12.1 Å². The number of benzene rings is 2. The number of esters is 1. The van der Waals surface area contributed by atoms with Crippen molar-refractivity contribution in [1.82, 2.24) is 0 Å². The number of rotatable bonds is 11. The second-order valence-corrected chi connectivity index (χ2v) is 11.5. The third kappa shape index (κ3) is 6.36. The predicted octanol–water partition coefficient (Wildman–Crippen LogP) is 5.61. The molecule has 6 atom stereocenters. The lowest BCUT2D eigenvalue weighted by molar-refractivity contribution is -0.166. The van der Waals surface area contributed by atoms with E-state index in [0.29, 0.717) is 30.3 Å². The van der Waals surface area contributed by atoms with E-state index in [1.54, 1.807) is 56.7 Å². The Labute approximate surface area is 241 Å². The van der Waals surface area contributed by atoms with Crippen molar-refractivity contribution in [2.24, 2.45) is 5.92 Å². The van der Waals surface area contributed by atoms with Crippen molar-refractivity contribution in [2.45, 2.75) is 76.2 Å². The molecule has 1 aliphatic carbocycles. The minimum Gasteiger partial charge on any atom is -0.493 e. The van der Waals surface area contributed by atoms with Gasteiger partial charge in [0.15, 0.2) is 11.5 Å². The molecule has 8 nitrogen and oxygen atoms in total. The van der Waals surface area contributed by atoms with Crippen LogP contribution in [0.3, 0.4) is 0 Å². The van der Waals surface area contributed by atoms with Crippen LogP contribution >= 0.6 is 0 Å². The first-order chi connectivity index (χ1) is 19.7. The number of allylic oxidation sites excluding steroid dienone is 1. The molecule has 0 aromatic heterocycles. The Morgan fingerprint density at radius 2 is 1.88 bits per heavy atom. The van der Waals surface area contributed by atoms with Crippen molar-refractivity contribution >= 4 is 12.0 Å². The Balaban J connectivity index is 1.23. The predicted molar refractivity (Wildman–Crippen MR) is 154 cm³/mol. The number of epoxide rings is 2. The summed E-state index contributed by atoms with van der Waals surface area (Å²) >= 11 is 0. The number of carbonyl (C=O) groups excluding carboxylic acids is 1. The van der Waals surface area contributed by atoms with E-state index in [1.165, 1.54) is 11.6 Å². The maximum Gasteiger partial charge on any atom is 0.331 e. The third-order valence-electron chi connectivity index (χ3n) is 8.44. The Hall–Kier alpha value is -3.17. The number of hydrogen-bond acceptors (Lipinski definition) is 8.